The lowest BCUT2D eigenvalue weighted by Gasteiger charge is -2.49. The number of H-pyrrole nitrogens is 1. The molecule has 2 saturated heterocycles. The molecule has 1 aromatic heterocycles. The van der Waals surface area contributed by atoms with E-state index in [9.17, 15) is 18.0 Å². The fourth-order valence-corrected chi connectivity index (χ4v) is 5.68. The normalized spacial score (nSPS) is 25.7. The zero-order valence-electron chi connectivity index (χ0n) is 14.5. The van der Waals surface area contributed by atoms with Gasteiger partial charge in [0.15, 0.2) is 0 Å². The molecular weight excluding hydrogens is 360 g/mol. The number of piperidine rings is 1. The minimum Gasteiger partial charge on any atom is -0.348 e. The van der Waals surface area contributed by atoms with Gasteiger partial charge in [0, 0.05) is 38.3 Å². The number of likely N-dealkylation sites (tertiary alicyclic amines) is 1. The molecule has 1 aromatic rings. The van der Waals surface area contributed by atoms with Crippen LogP contribution < -0.4 is 10.6 Å². The van der Waals surface area contributed by atoms with Crippen LogP contribution in [0, 0.1) is 0 Å². The lowest BCUT2D eigenvalue weighted by Crippen LogP contribution is -2.59. The molecule has 0 saturated carbocycles. The average Bonchev–Trinajstić information content (AvgIpc) is 3.23. The van der Waals surface area contributed by atoms with Crippen molar-refractivity contribution in [3.63, 3.8) is 0 Å². The van der Waals surface area contributed by atoms with Gasteiger partial charge in [0.25, 0.3) is 0 Å². The number of nitrogens with zero attached hydrogens (tertiary/aromatic N) is 3. The van der Waals surface area contributed by atoms with Gasteiger partial charge in [0.05, 0.1) is 23.8 Å². The first-order valence-electron chi connectivity index (χ1n) is 8.65. The fraction of sp³-hybridized carbons (Fsp3) is 0.667. The number of carbonyl (C=O) groups is 2. The molecule has 3 amide bonds. The van der Waals surface area contributed by atoms with Gasteiger partial charge in [0.2, 0.25) is 15.9 Å². The number of nitrogens with one attached hydrogen (secondary N) is 3. The van der Waals surface area contributed by atoms with Crippen LogP contribution in [0.3, 0.4) is 0 Å². The smallest absolute Gasteiger partial charge is 0.315 e. The van der Waals surface area contributed by atoms with Gasteiger partial charge in [-0.05, 0) is 12.8 Å². The molecule has 1 spiro atoms. The Balaban J connectivity index is 1.58. The van der Waals surface area contributed by atoms with Crippen LogP contribution >= 0.6 is 0 Å². The first kappa shape index (κ1) is 17.3. The summed E-state index contributed by atoms with van der Waals surface area (Å²) in [4.78, 5) is 33.1. The molecule has 3 N–H and O–H groups in total. The molecule has 0 aliphatic carbocycles. The number of hydrogen-bond donors (Lipinski definition) is 3. The highest BCUT2D eigenvalue weighted by Crippen LogP contribution is 2.43. The monoisotopic (exact) mass is 382 g/mol. The van der Waals surface area contributed by atoms with E-state index in [1.807, 2.05) is 0 Å². The number of aromatic nitrogens is 2. The molecule has 0 bridgehead atoms. The van der Waals surface area contributed by atoms with Crippen LogP contribution in [0.25, 0.3) is 0 Å². The first-order valence-corrected chi connectivity index (χ1v) is 10.5. The van der Waals surface area contributed by atoms with Crippen LogP contribution in [-0.4, -0.2) is 78.0 Å². The van der Waals surface area contributed by atoms with E-state index < -0.39 is 21.6 Å². The Bertz CT molecular complexity index is 842. The quantitative estimate of drug-likeness (QED) is 0.587. The molecule has 0 radical (unpaired) electrons. The SMILES string of the molecule is CS(=O)(=O)N1CCc2[nH]cnc2C12CCN(C(=O)[C@@H]1CNC(=O)N1)CC2. The third-order valence-corrected chi connectivity index (χ3v) is 6.91. The van der Waals surface area contributed by atoms with Gasteiger partial charge in [0.1, 0.15) is 6.04 Å². The fourth-order valence-electron chi connectivity index (χ4n) is 4.35. The Morgan fingerprint density at radius 3 is 2.65 bits per heavy atom. The molecule has 0 aromatic carbocycles. The Morgan fingerprint density at radius 1 is 1.31 bits per heavy atom. The average molecular weight is 382 g/mol. The van der Waals surface area contributed by atoms with Crippen molar-refractivity contribution in [2.24, 2.45) is 0 Å². The van der Waals surface area contributed by atoms with Crippen molar-refractivity contribution in [2.45, 2.75) is 30.8 Å². The van der Waals surface area contributed by atoms with Crippen LogP contribution in [0.4, 0.5) is 4.79 Å². The van der Waals surface area contributed by atoms with E-state index in [1.165, 1.54) is 6.26 Å². The van der Waals surface area contributed by atoms with Crippen molar-refractivity contribution in [1.29, 1.82) is 0 Å². The van der Waals surface area contributed by atoms with Crippen molar-refractivity contribution in [1.82, 2.24) is 29.8 Å². The van der Waals surface area contributed by atoms with Gasteiger partial charge in [-0.3, -0.25) is 4.79 Å². The number of rotatable bonds is 2. The highest BCUT2D eigenvalue weighted by atomic mass is 32.2. The third kappa shape index (κ3) is 2.65. The van der Waals surface area contributed by atoms with Crippen molar-refractivity contribution < 1.29 is 18.0 Å². The number of aromatic amines is 1. The highest BCUT2D eigenvalue weighted by molar-refractivity contribution is 7.88. The van der Waals surface area contributed by atoms with E-state index in [0.29, 0.717) is 38.9 Å². The maximum absolute atomic E-state index is 12.6. The van der Waals surface area contributed by atoms with Crippen LogP contribution in [0.15, 0.2) is 6.33 Å². The summed E-state index contributed by atoms with van der Waals surface area (Å²) in [5.74, 6) is -0.137. The predicted octanol–water partition coefficient (Wildman–Crippen LogP) is -1.27. The van der Waals surface area contributed by atoms with Crippen LogP contribution in [-0.2, 0) is 26.8 Å². The first-order chi connectivity index (χ1) is 12.3. The zero-order valence-corrected chi connectivity index (χ0v) is 15.3. The molecule has 3 aliphatic rings. The standard InChI is InChI=1S/C15H22N6O4S/c1-26(24,25)21-5-2-10-12(18-9-17-10)15(21)3-6-20(7-4-15)13(22)11-8-16-14(23)19-11/h9,11H,2-8H2,1H3,(H,17,18)(H2,16,19,23)/t11-/m0/s1. The molecular formula is C15H22N6O4S. The van der Waals surface area contributed by atoms with Crippen LogP contribution in [0.2, 0.25) is 0 Å². The number of hydrogen-bond acceptors (Lipinski definition) is 5. The largest absolute Gasteiger partial charge is 0.348 e. The van der Waals surface area contributed by atoms with Crippen molar-refractivity contribution >= 4 is 22.0 Å². The third-order valence-electron chi connectivity index (χ3n) is 5.57. The van der Waals surface area contributed by atoms with E-state index >= 15 is 0 Å². The topological polar surface area (TPSA) is 128 Å². The van der Waals surface area contributed by atoms with Crippen molar-refractivity contribution in [3.8, 4) is 0 Å². The molecule has 0 unspecified atom stereocenters. The van der Waals surface area contributed by atoms with Crippen LogP contribution in [0.5, 0.6) is 0 Å². The summed E-state index contributed by atoms with van der Waals surface area (Å²) < 4.78 is 26.4. The summed E-state index contributed by atoms with van der Waals surface area (Å²) in [5, 5.41) is 5.19. The van der Waals surface area contributed by atoms with Gasteiger partial charge < -0.3 is 20.5 Å². The lowest BCUT2D eigenvalue weighted by atomic mass is 9.80. The minimum atomic E-state index is -3.41. The van der Waals surface area contributed by atoms with Gasteiger partial charge in [-0.25, -0.2) is 18.2 Å². The summed E-state index contributed by atoms with van der Waals surface area (Å²) in [7, 11) is -3.41. The number of urea groups is 1. The summed E-state index contributed by atoms with van der Waals surface area (Å²) in [6.07, 6.45) is 4.40. The second-order valence-electron chi connectivity index (χ2n) is 7.08. The summed E-state index contributed by atoms with van der Waals surface area (Å²) in [6, 6.07) is -0.900. The number of carbonyl (C=O) groups excluding carboxylic acids is 2. The van der Waals surface area contributed by atoms with Gasteiger partial charge in [-0.2, -0.15) is 4.31 Å². The maximum Gasteiger partial charge on any atom is 0.315 e. The number of amides is 3. The highest BCUT2D eigenvalue weighted by Gasteiger charge is 2.51. The molecule has 1 atom stereocenters. The molecule has 10 nitrogen and oxygen atoms in total. The van der Waals surface area contributed by atoms with E-state index in [2.05, 4.69) is 20.6 Å². The van der Waals surface area contributed by atoms with Gasteiger partial charge >= 0.3 is 6.03 Å². The van der Waals surface area contributed by atoms with E-state index in [4.69, 9.17) is 0 Å². The minimum absolute atomic E-state index is 0.137. The van der Waals surface area contributed by atoms with E-state index in [1.54, 1.807) is 15.5 Å². The molecule has 2 fully saturated rings. The molecule has 4 rings (SSSR count). The predicted molar refractivity (Wildman–Crippen MR) is 91.7 cm³/mol. The zero-order chi connectivity index (χ0) is 18.5. The van der Waals surface area contributed by atoms with Crippen molar-refractivity contribution in [3.05, 3.63) is 17.7 Å². The second-order valence-corrected chi connectivity index (χ2v) is 8.99. The number of fused-ring (bicyclic) bond motifs is 2. The summed E-state index contributed by atoms with van der Waals surface area (Å²) in [5.41, 5.74) is 1.03. The Kier molecular flexibility index (Phi) is 3.95. The Labute approximate surface area is 151 Å². The molecule has 142 valence electrons. The number of imidazole rings is 1. The van der Waals surface area contributed by atoms with Gasteiger partial charge in [-0.1, -0.05) is 0 Å². The Hall–Kier alpha value is -2.14. The maximum atomic E-state index is 12.6. The number of sulfonamides is 1. The molecule has 3 aliphatic heterocycles. The molecule has 4 heterocycles. The van der Waals surface area contributed by atoms with Crippen molar-refractivity contribution in [2.75, 3.05) is 32.4 Å². The molecule has 11 heteroatoms. The van der Waals surface area contributed by atoms with Crippen LogP contribution in [0.1, 0.15) is 24.2 Å². The van der Waals surface area contributed by atoms with E-state index in [0.717, 1.165) is 11.4 Å². The molecule has 26 heavy (non-hydrogen) atoms. The summed E-state index contributed by atoms with van der Waals surface area (Å²) in [6.45, 7) is 1.52. The summed E-state index contributed by atoms with van der Waals surface area (Å²) >= 11 is 0. The lowest BCUT2D eigenvalue weighted by molar-refractivity contribution is -0.135. The second kappa shape index (κ2) is 5.95. The van der Waals surface area contributed by atoms with Gasteiger partial charge in [-0.15, -0.1) is 0 Å². The Morgan fingerprint density at radius 2 is 2.04 bits per heavy atom. The van der Waals surface area contributed by atoms with E-state index in [-0.39, 0.29) is 18.5 Å².